The Balaban J connectivity index is 1.69. The molecule has 0 spiro atoms. The number of fused-ring (bicyclic) bond motifs is 1. The summed E-state index contributed by atoms with van der Waals surface area (Å²) in [5, 5.41) is 11.4. The molecule has 2 aromatic rings. The number of carbonyl (C=O) groups is 2. The second-order valence-electron chi connectivity index (χ2n) is 6.35. The van der Waals surface area contributed by atoms with Gasteiger partial charge in [-0.05, 0) is 31.5 Å². The third-order valence-corrected chi connectivity index (χ3v) is 4.68. The van der Waals surface area contributed by atoms with E-state index in [9.17, 15) is 14.7 Å². The minimum Gasteiger partial charge on any atom is -0.492 e. The Bertz CT molecular complexity index is 838. The average Bonchev–Trinajstić information content (AvgIpc) is 2.81. The van der Waals surface area contributed by atoms with E-state index in [-0.39, 0.29) is 12.2 Å². The summed E-state index contributed by atoms with van der Waals surface area (Å²) in [4.78, 5) is 25.9. The molecule has 0 aliphatic carbocycles. The Morgan fingerprint density at radius 1 is 1.19 bits per heavy atom. The first kappa shape index (κ1) is 18.4. The number of para-hydroxylation sites is 2. The number of ether oxygens (including phenoxy) is 1. The number of amides is 1. The number of benzene rings is 2. The van der Waals surface area contributed by atoms with Gasteiger partial charge in [0.25, 0.3) is 5.91 Å². The van der Waals surface area contributed by atoms with Crippen molar-refractivity contribution in [2.24, 2.45) is 0 Å². The molecule has 1 aliphatic heterocycles. The van der Waals surface area contributed by atoms with Gasteiger partial charge < -0.3 is 14.7 Å². The highest BCUT2D eigenvalue weighted by molar-refractivity contribution is 6.32. The Morgan fingerprint density at radius 2 is 1.88 bits per heavy atom. The molecule has 0 radical (unpaired) electrons. The minimum atomic E-state index is -1.79. The third kappa shape index (κ3) is 3.45. The summed E-state index contributed by atoms with van der Waals surface area (Å²) >= 11 is 6.05. The fraction of sp³-hybridized carbons (Fsp3) is 0.300. The monoisotopic (exact) mass is 373 g/mol. The molecule has 5 nitrogen and oxygen atoms in total. The molecule has 0 saturated heterocycles. The zero-order valence-electron chi connectivity index (χ0n) is 14.4. The average molecular weight is 374 g/mol. The van der Waals surface area contributed by atoms with Crippen molar-refractivity contribution < 1.29 is 19.4 Å². The lowest BCUT2D eigenvalue weighted by Crippen LogP contribution is -2.42. The number of nitrogens with zero attached hydrogens (tertiary/aromatic N) is 1. The van der Waals surface area contributed by atoms with E-state index in [1.54, 1.807) is 36.4 Å². The van der Waals surface area contributed by atoms with Crippen LogP contribution in [0, 0.1) is 0 Å². The Labute approximate surface area is 157 Å². The van der Waals surface area contributed by atoms with Crippen LogP contribution in [0.25, 0.3) is 0 Å². The summed E-state index contributed by atoms with van der Waals surface area (Å²) < 4.78 is 5.65. The highest BCUT2D eigenvalue weighted by Crippen LogP contribution is 2.42. The van der Waals surface area contributed by atoms with Gasteiger partial charge in [-0.2, -0.15) is 0 Å². The number of hydrogen-bond acceptors (Lipinski definition) is 4. The van der Waals surface area contributed by atoms with Gasteiger partial charge in [-0.25, -0.2) is 0 Å². The van der Waals surface area contributed by atoms with Crippen LogP contribution < -0.4 is 9.64 Å². The van der Waals surface area contributed by atoms with Crippen LogP contribution >= 0.6 is 11.6 Å². The molecule has 1 amide bonds. The van der Waals surface area contributed by atoms with Crippen LogP contribution in [0.2, 0.25) is 5.02 Å². The van der Waals surface area contributed by atoms with Gasteiger partial charge in [-0.3, -0.25) is 9.59 Å². The molecule has 1 atom stereocenters. The second kappa shape index (κ2) is 7.48. The molecule has 1 N–H and O–H groups in total. The Hall–Kier alpha value is -2.37. The molecular weight excluding hydrogens is 354 g/mol. The van der Waals surface area contributed by atoms with Crippen LogP contribution in [0.4, 0.5) is 5.69 Å². The molecule has 136 valence electrons. The van der Waals surface area contributed by atoms with E-state index in [0.717, 1.165) is 0 Å². The van der Waals surface area contributed by atoms with E-state index in [4.69, 9.17) is 16.3 Å². The van der Waals surface area contributed by atoms with E-state index in [2.05, 4.69) is 0 Å². The highest BCUT2D eigenvalue weighted by Gasteiger charge is 2.49. The smallest absolute Gasteiger partial charge is 0.264 e. The molecule has 26 heavy (non-hydrogen) atoms. The quantitative estimate of drug-likeness (QED) is 0.756. The number of anilines is 1. The molecule has 2 aromatic carbocycles. The summed E-state index contributed by atoms with van der Waals surface area (Å²) in [6.45, 7) is 2.12. The van der Waals surface area contributed by atoms with Gasteiger partial charge >= 0.3 is 0 Å². The molecule has 1 heterocycles. The molecule has 6 heteroatoms. The molecule has 0 fully saturated rings. The number of carbonyl (C=O) groups excluding carboxylic acids is 2. The number of rotatable bonds is 7. The second-order valence-corrected chi connectivity index (χ2v) is 6.75. The van der Waals surface area contributed by atoms with Gasteiger partial charge in [0.2, 0.25) is 0 Å². The minimum absolute atomic E-state index is 0.227. The molecule has 0 bridgehead atoms. The summed E-state index contributed by atoms with van der Waals surface area (Å²) in [5.41, 5.74) is -0.669. The van der Waals surface area contributed by atoms with E-state index in [0.29, 0.717) is 41.6 Å². The van der Waals surface area contributed by atoms with Crippen LogP contribution in [0.5, 0.6) is 5.75 Å². The summed E-state index contributed by atoms with van der Waals surface area (Å²) in [6.07, 6.45) is 0.330. The topological polar surface area (TPSA) is 66.8 Å². The van der Waals surface area contributed by atoms with Crippen molar-refractivity contribution >= 4 is 29.0 Å². The maximum Gasteiger partial charge on any atom is 0.264 e. The number of hydrogen-bond donors (Lipinski definition) is 1. The number of Topliss-reactive ketones (excluding diaryl/α,β-unsaturated/α-hetero) is 1. The van der Waals surface area contributed by atoms with Crippen molar-refractivity contribution in [1.29, 1.82) is 0 Å². The SMILES string of the molecule is CC(=O)C[C@]1(O)C(=O)N(CCCOc2ccccc2Cl)c2ccccc21. The highest BCUT2D eigenvalue weighted by atomic mass is 35.5. The Kier molecular flexibility index (Phi) is 5.30. The molecule has 0 saturated carbocycles. The van der Waals surface area contributed by atoms with E-state index >= 15 is 0 Å². The number of halogens is 1. The van der Waals surface area contributed by atoms with E-state index in [1.807, 2.05) is 12.1 Å². The summed E-state index contributed by atoms with van der Waals surface area (Å²) in [5.74, 6) is -0.110. The first-order chi connectivity index (χ1) is 12.4. The maximum atomic E-state index is 12.8. The predicted molar refractivity (Wildman–Crippen MR) is 99.6 cm³/mol. The van der Waals surface area contributed by atoms with Crippen molar-refractivity contribution in [3.63, 3.8) is 0 Å². The van der Waals surface area contributed by atoms with Crippen molar-refractivity contribution in [3.05, 3.63) is 59.1 Å². The summed E-state index contributed by atoms with van der Waals surface area (Å²) in [6, 6.07) is 14.2. The fourth-order valence-electron chi connectivity index (χ4n) is 3.23. The van der Waals surface area contributed by atoms with Gasteiger partial charge in [0.05, 0.1) is 17.3 Å². The van der Waals surface area contributed by atoms with Crippen molar-refractivity contribution in [2.45, 2.75) is 25.4 Å². The standard InChI is InChI=1S/C20H20ClNO4/c1-14(23)13-20(25)15-7-2-4-9-17(15)22(19(20)24)11-6-12-26-18-10-5-3-8-16(18)21/h2-5,7-10,25H,6,11-13H2,1H3/t20-/m1/s1. The zero-order valence-corrected chi connectivity index (χ0v) is 15.2. The molecule has 0 aromatic heterocycles. The van der Waals surface area contributed by atoms with E-state index in [1.165, 1.54) is 11.8 Å². The van der Waals surface area contributed by atoms with Crippen molar-refractivity contribution in [1.82, 2.24) is 0 Å². The molecule has 1 aliphatic rings. The van der Waals surface area contributed by atoms with E-state index < -0.39 is 11.5 Å². The normalized spacial score (nSPS) is 18.7. The summed E-state index contributed by atoms with van der Waals surface area (Å²) in [7, 11) is 0. The first-order valence-corrected chi connectivity index (χ1v) is 8.82. The zero-order chi connectivity index (χ0) is 18.7. The molecule has 0 unspecified atom stereocenters. The number of ketones is 1. The lowest BCUT2D eigenvalue weighted by atomic mass is 9.90. The third-order valence-electron chi connectivity index (χ3n) is 4.36. The Morgan fingerprint density at radius 3 is 2.62 bits per heavy atom. The predicted octanol–water partition coefficient (Wildman–Crippen LogP) is 3.32. The van der Waals surface area contributed by atoms with Gasteiger partial charge in [0.1, 0.15) is 11.5 Å². The lowest BCUT2D eigenvalue weighted by Gasteiger charge is -2.22. The van der Waals surface area contributed by atoms with Gasteiger partial charge in [0, 0.05) is 18.5 Å². The molecule has 3 rings (SSSR count). The van der Waals surface area contributed by atoms with Crippen molar-refractivity contribution in [3.8, 4) is 5.75 Å². The van der Waals surface area contributed by atoms with Crippen molar-refractivity contribution in [2.75, 3.05) is 18.1 Å². The van der Waals surface area contributed by atoms with Gasteiger partial charge in [-0.15, -0.1) is 0 Å². The molecular formula is C20H20ClNO4. The van der Waals surface area contributed by atoms with Crippen LogP contribution in [0.15, 0.2) is 48.5 Å². The largest absolute Gasteiger partial charge is 0.492 e. The van der Waals surface area contributed by atoms with Crippen LogP contribution in [0.3, 0.4) is 0 Å². The fourth-order valence-corrected chi connectivity index (χ4v) is 3.42. The maximum absolute atomic E-state index is 12.8. The first-order valence-electron chi connectivity index (χ1n) is 8.44. The van der Waals surface area contributed by atoms with Gasteiger partial charge in [0.15, 0.2) is 5.60 Å². The van der Waals surface area contributed by atoms with Crippen LogP contribution in [-0.2, 0) is 15.2 Å². The van der Waals surface area contributed by atoms with Gasteiger partial charge in [-0.1, -0.05) is 41.9 Å². The lowest BCUT2D eigenvalue weighted by molar-refractivity contribution is -0.141. The number of aliphatic hydroxyl groups is 1. The van der Waals surface area contributed by atoms with Crippen LogP contribution in [-0.4, -0.2) is 29.9 Å². The van der Waals surface area contributed by atoms with Crippen LogP contribution in [0.1, 0.15) is 25.3 Å².